The molecule has 108 valence electrons. The molecule has 0 saturated heterocycles. The molecule has 1 N–H and O–H groups in total. The summed E-state index contributed by atoms with van der Waals surface area (Å²) in [6, 6.07) is 14.0. The quantitative estimate of drug-likeness (QED) is 0.665. The number of halogens is 1. The molecule has 0 radical (unpaired) electrons. The first-order valence-corrected chi connectivity index (χ1v) is 6.81. The molecule has 0 atom stereocenters. The molecular formula is C17H15ClO3. The first kappa shape index (κ1) is 15.1. The van der Waals surface area contributed by atoms with E-state index in [1.807, 2.05) is 19.1 Å². The van der Waals surface area contributed by atoms with Gasteiger partial charge in [-0.05, 0) is 31.2 Å². The Labute approximate surface area is 128 Å². The van der Waals surface area contributed by atoms with Crippen molar-refractivity contribution >= 4 is 23.1 Å². The van der Waals surface area contributed by atoms with E-state index in [0.29, 0.717) is 16.3 Å². The zero-order chi connectivity index (χ0) is 15.2. The summed E-state index contributed by atoms with van der Waals surface area (Å²) in [4.78, 5) is 11.7. The Hall–Kier alpha value is -2.26. The van der Waals surface area contributed by atoms with Gasteiger partial charge in [-0.1, -0.05) is 41.4 Å². The van der Waals surface area contributed by atoms with Crippen LogP contribution in [0.4, 0.5) is 0 Å². The van der Waals surface area contributed by atoms with Crippen LogP contribution < -0.4 is 4.74 Å². The fraction of sp³-hybridized carbons (Fsp3) is 0.118. The Morgan fingerprint density at radius 3 is 2.38 bits per heavy atom. The molecule has 0 fully saturated rings. The fourth-order valence-electron chi connectivity index (χ4n) is 1.69. The van der Waals surface area contributed by atoms with Gasteiger partial charge in [0.2, 0.25) is 0 Å². The van der Waals surface area contributed by atoms with E-state index in [-0.39, 0.29) is 18.1 Å². The first-order valence-electron chi connectivity index (χ1n) is 6.43. The number of carbonyl (C=O) groups excluding carboxylic acids is 1. The van der Waals surface area contributed by atoms with E-state index < -0.39 is 0 Å². The molecule has 21 heavy (non-hydrogen) atoms. The molecule has 2 aromatic rings. The molecule has 0 heterocycles. The van der Waals surface area contributed by atoms with Gasteiger partial charge in [0.25, 0.3) is 0 Å². The second-order valence-electron chi connectivity index (χ2n) is 4.60. The van der Waals surface area contributed by atoms with Crippen molar-refractivity contribution < 1.29 is 14.6 Å². The lowest BCUT2D eigenvalue weighted by Gasteiger charge is -2.04. The summed E-state index contributed by atoms with van der Waals surface area (Å²) in [6.07, 6.45) is 1.17. The van der Waals surface area contributed by atoms with Crippen molar-refractivity contribution in [3.8, 4) is 5.75 Å². The van der Waals surface area contributed by atoms with E-state index in [0.717, 1.165) is 5.56 Å². The number of hydrogen-bond acceptors (Lipinski definition) is 3. The Morgan fingerprint density at radius 2 is 1.76 bits per heavy atom. The van der Waals surface area contributed by atoms with Gasteiger partial charge in [0.1, 0.15) is 11.5 Å². The molecular weight excluding hydrogens is 288 g/mol. The van der Waals surface area contributed by atoms with E-state index in [2.05, 4.69) is 0 Å². The molecule has 0 aliphatic rings. The van der Waals surface area contributed by atoms with Crippen molar-refractivity contribution in [3.05, 3.63) is 70.8 Å². The van der Waals surface area contributed by atoms with Gasteiger partial charge in [-0.2, -0.15) is 0 Å². The van der Waals surface area contributed by atoms with Crippen LogP contribution in [0.1, 0.15) is 11.1 Å². The van der Waals surface area contributed by atoms with Crippen molar-refractivity contribution in [3.63, 3.8) is 0 Å². The molecule has 2 aromatic carbocycles. The summed E-state index contributed by atoms with van der Waals surface area (Å²) < 4.78 is 5.31. The van der Waals surface area contributed by atoms with E-state index >= 15 is 0 Å². The zero-order valence-electron chi connectivity index (χ0n) is 11.5. The van der Waals surface area contributed by atoms with Gasteiger partial charge in [0.05, 0.1) is 0 Å². The highest BCUT2D eigenvalue weighted by atomic mass is 35.5. The van der Waals surface area contributed by atoms with Gasteiger partial charge in [-0.3, -0.25) is 4.79 Å². The van der Waals surface area contributed by atoms with Gasteiger partial charge in [-0.15, -0.1) is 0 Å². The van der Waals surface area contributed by atoms with Crippen LogP contribution in [0.5, 0.6) is 5.75 Å². The monoisotopic (exact) mass is 302 g/mol. The lowest BCUT2D eigenvalue weighted by atomic mass is 10.1. The minimum absolute atomic E-state index is 0.0697. The number of aliphatic hydroxyl groups excluding tert-OH is 1. The van der Waals surface area contributed by atoms with Crippen molar-refractivity contribution in [2.75, 3.05) is 6.61 Å². The molecule has 0 amide bonds. The predicted octanol–water partition coefficient (Wildman–Crippen LogP) is 4.20. The first-order chi connectivity index (χ1) is 10.0. The fourth-order valence-corrected chi connectivity index (χ4v) is 1.81. The largest absolute Gasteiger partial charge is 0.507 e. The number of hydrogen-bond donors (Lipinski definition) is 1. The smallest absolute Gasteiger partial charge is 0.196 e. The SMILES string of the molecule is Cc1ccc(/C(O)=C/C(=O)COc2ccc(Cl)cc2)cc1. The molecule has 0 aliphatic heterocycles. The molecule has 0 bridgehead atoms. The molecule has 0 aromatic heterocycles. The minimum Gasteiger partial charge on any atom is -0.507 e. The molecule has 3 nitrogen and oxygen atoms in total. The van der Waals surface area contributed by atoms with Crippen LogP contribution in [-0.4, -0.2) is 17.5 Å². The topological polar surface area (TPSA) is 46.5 Å². The number of benzene rings is 2. The van der Waals surface area contributed by atoms with Gasteiger partial charge in [0, 0.05) is 16.7 Å². The number of ketones is 1. The van der Waals surface area contributed by atoms with Crippen LogP contribution in [0.3, 0.4) is 0 Å². The molecule has 0 aliphatic carbocycles. The van der Waals surface area contributed by atoms with Crippen LogP contribution in [0, 0.1) is 6.92 Å². The molecule has 0 spiro atoms. The minimum atomic E-state index is -0.317. The Balaban J connectivity index is 1.95. The van der Waals surface area contributed by atoms with Gasteiger partial charge >= 0.3 is 0 Å². The highest BCUT2D eigenvalue weighted by Crippen LogP contribution is 2.16. The van der Waals surface area contributed by atoms with E-state index in [1.54, 1.807) is 36.4 Å². The number of ether oxygens (including phenoxy) is 1. The Morgan fingerprint density at radius 1 is 1.14 bits per heavy atom. The van der Waals surface area contributed by atoms with E-state index in [1.165, 1.54) is 6.08 Å². The second-order valence-corrected chi connectivity index (χ2v) is 5.04. The average Bonchev–Trinajstić information content (AvgIpc) is 2.47. The van der Waals surface area contributed by atoms with Gasteiger partial charge in [-0.25, -0.2) is 0 Å². The van der Waals surface area contributed by atoms with Gasteiger partial charge in [0.15, 0.2) is 12.4 Å². The lowest BCUT2D eigenvalue weighted by Crippen LogP contribution is -2.09. The second kappa shape index (κ2) is 6.95. The average molecular weight is 303 g/mol. The van der Waals surface area contributed by atoms with E-state index in [9.17, 15) is 9.90 Å². The summed E-state index contributed by atoms with van der Waals surface area (Å²) in [5, 5.41) is 10.5. The summed E-state index contributed by atoms with van der Waals surface area (Å²) in [6.45, 7) is 1.81. The summed E-state index contributed by atoms with van der Waals surface area (Å²) in [7, 11) is 0. The predicted molar refractivity (Wildman–Crippen MR) is 83.7 cm³/mol. The van der Waals surface area contributed by atoms with Crippen molar-refractivity contribution in [2.24, 2.45) is 0 Å². The third kappa shape index (κ3) is 4.65. The Kier molecular flexibility index (Phi) is 5.01. The zero-order valence-corrected chi connectivity index (χ0v) is 12.3. The molecule has 0 saturated carbocycles. The summed E-state index contributed by atoms with van der Waals surface area (Å²) in [5.41, 5.74) is 1.68. The third-order valence-corrected chi connectivity index (χ3v) is 3.09. The normalized spacial score (nSPS) is 11.2. The van der Waals surface area contributed by atoms with Crippen LogP contribution in [0.25, 0.3) is 5.76 Å². The van der Waals surface area contributed by atoms with Crippen LogP contribution in [-0.2, 0) is 4.79 Å². The molecule has 4 heteroatoms. The van der Waals surface area contributed by atoms with E-state index in [4.69, 9.17) is 16.3 Å². The lowest BCUT2D eigenvalue weighted by molar-refractivity contribution is -0.116. The standard InChI is InChI=1S/C17H15ClO3/c1-12-2-4-13(5-3-12)17(20)10-15(19)11-21-16-8-6-14(18)7-9-16/h2-10,20H,11H2,1H3/b17-10-. The number of carbonyl (C=O) groups is 1. The Bertz CT molecular complexity index is 643. The van der Waals surface area contributed by atoms with Gasteiger partial charge < -0.3 is 9.84 Å². The van der Waals surface area contributed by atoms with Crippen LogP contribution >= 0.6 is 11.6 Å². The number of rotatable bonds is 5. The number of aliphatic hydroxyl groups is 1. The van der Waals surface area contributed by atoms with Crippen molar-refractivity contribution in [1.29, 1.82) is 0 Å². The van der Waals surface area contributed by atoms with Crippen molar-refractivity contribution in [1.82, 2.24) is 0 Å². The maximum atomic E-state index is 11.7. The summed E-state index contributed by atoms with van der Waals surface area (Å²) >= 11 is 5.76. The van der Waals surface area contributed by atoms with Crippen LogP contribution in [0.15, 0.2) is 54.6 Å². The maximum absolute atomic E-state index is 11.7. The summed E-state index contributed by atoms with van der Waals surface area (Å²) in [5.74, 6) is 0.165. The third-order valence-electron chi connectivity index (χ3n) is 2.84. The molecule has 0 unspecified atom stereocenters. The number of aryl methyl sites for hydroxylation is 1. The highest BCUT2D eigenvalue weighted by Gasteiger charge is 2.04. The van der Waals surface area contributed by atoms with Crippen molar-refractivity contribution in [2.45, 2.75) is 6.92 Å². The van der Waals surface area contributed by atoms with Crippen LogP contribution in [0.2, 0.25) is 5.02 Å². The maximum Gasteiger partial charge on any atom is 0.196 e. The highest BCUT2D eigenvalue weighted by molar-refractivity contribution is 6.30. The molecule has 2 rings (SSSR count).